The van der Waals surface area contributed by atoms with Gasteiger partial charge in [-0.2, -0.15) is 0 Å². The monoisotopic (exact) mass is 311 g/mol. The van der Waals surface area contributed by atoms with E-state index in [1.807, 2.05) is 12.1 Å². The van der Waals surface area contributed by atoms with Crippen molar-refractivity contribution >= 4 is 15.9 Å². The highest BCUT2D eigenvalue weighted by molar-refractivity contribution is 9.10. The zero-order valence-corrected chi connectivity index (χ0v) is 11.8. The summed E-state index contributed by atoms with van der Waals surface area (Å²) in [4.78, 5) is 0. The molecule has 0 radical (unpaired) electrons. The van der Waals surface area contributed by atoms with Crippen LogP contribution in [0.1, 0.15) is 18.4 Å². The Morgan fingerprint density at radius 3 is 2.89 bits per heavy atom. The third-order valence-corrected chi connectivity index (χ3v) is 4.57. The highest BCUT2D eigenvalue weighted by Crippen LogP contribution is 2.40. The van der Waals surface area contributed by atoms with Crippen molar-refractivity contribution in [3.8, 4) is 5.75 Å². The van der Waals surface area contributed by atoms with Crippen LogP contribution in [0.25, 0.3) is 0 Å². The molecule has 3 rings (SSSR count). The molecule has 1 aliphatic heterocycles. The van der Waals surface area contributed by atoms with E-state index in [2.05, 4.69) is 21.2 Å². The van der Waals surface area contributed by atoms with Crippen LogP contribution in [0, 0.1) is 11.8 Å². The van der Waals surface area contributed by atoms with E-state index in [0.717, 1.165) is 30.1 Å². The van der Waals surface area contributed by atoms with Crippen LogP contribution in [0.3, 0.4) is 0 Å². The maximum atomic E-state index is 9.46. The zero-order valence-electron chi connectivity index (χ0n) is 10.2. The van der Waals surface area contributed by atoms with Crippen molar-refractivity contribution < 1.29 is 9.84 Å². The van der Waals surface area contributed by atoms with Crippen molar-refractivity contribution in [3.05, 3.63) is 28.2 Å². The molecule has 1 saturated carbocycles. The Morgan fingerprint density at radius 1 is 1.33 bits per heavy atom. The summed E-state index contributed by atoms with van der Waals surface area (Å²) < 4.78 is 6.34. The highest BCUT2D eigenvalue weighted by atomic mass is 79.9. The normalized spacial score (nSPS) is 27.6. The van der Waals surface area contributed by atoms with Crippen molar-refractivity contribution in [2.24, 2.45) is 11.8 Å². The molecule has 0 spiro atoms. The summed E-state index contributed by atoms with van der Waals surface area (Å²) in [5.74, 6) is 1.88. The van der Waals surface area contributed by atoms with Crippen LogP contribution < -0.4 is 5.32 Å². The zero-order chi connectivity index (χ0) is 12.5. The van der Waals surface area contributed by atoms with Gasteiger partial charge in [-0.25, -0.2) is 0 Å². The molecule has 98 valence electrons. The highest BCUT2D eigenvalue weighted by Gasteiger charge is 2.39. The van der Waals surface area contributed by atoms with E-state index in [-0.39, 0.29) is 0 Å². The minimum absolute atomic E-state index is 0.291. The van der Waals surface area contributed by atoms with Crippen molar-refractivity contribution in [1.82, 2.24) is 5.32 Å². The summed E-state index contributed by atoms with van der Waals surface area (Å²) in [6, 6.07) is 6.13. The molecule has 18 heavy (non-hydrogen) atoms. The number of phenols is 1. The maximum absolute atomic E-state index is 9.46. The van der Waals surface area contributed by atoms with Gasteiger partial charge in [0.2, 0.25) is 0 Å². The third kappa shape index (κ3) is 2.71. The van der Waals surface area contributed by atoms with Crippen molar-refractivity contribution in [1.29, 1.82) is 0 Å². The Bertz CT molecular complexity index is 434. The lowest BCUT2D eigenvalue weighted by atomic mass is 9.98. The molecule has 2 fully saturated rings. The summed E-state index contributed by atoms with van der Waals surface area (Å²) >= 11 is 3.34. The van der Waals surface area contributed by atoms with Crippen LogP contribution in [0.15, 0.2) is 22.7 Å². The Kier molecular flexibility index (Phi) is 3.59. The average Bonchev–Trinajstić information content (AvgIpc) is 3.10. The largest absolute Gasteiger partial charge is 0.507 e. The molecule has 1 aromatic rings. The van der Waals surface area contributed by atoms with Crippen LogP contribution in [0.2, 0.25) is 0 Å². The lowest BCUT2D eigenvalue weighted by molar-refractivity contribution is 0.180. The van der Waals surface area contributed by atoms with E-state index < -0.39 is 0 Å². The smallest absolute Gasteiger partial charge is 0.129 e. The average molecular weight is 312 g/mol. The Hall–Kier alpha value is -0.580. The molecule has 1 aromatic carbocycles. The number of halogens is 1. The maximum Gasteiger partial charge on any atom is 0.129 e. The molecular formula is C14H18BrNO2. The Morgan fingerprint density at radius 2 is 2.17 bits per heavy atom. The van der Waals surface area contributed by atoms with Crippen molar-refractivity contribution in [2.75, 3.05) is 13.2 Å². The quantitative estimate of drug-likeness (QED) is 0.898. The van der Waals surface area contributed by atoms with E-state index in [1.165, 1.54) is 18.4 Å². The summed E-state index contributed by atoms with van der Waals surface area (Å²) in [6.07, 6.45) is 2.74. The summed E-state index contributed by atoms with van der Waals surface area (Å²) in [5, 5.41) is 13.0. The number of ether oxygens (including phenoxy) is 1. The van der Waals surface area contributed by atoms with Gasteiger partial charge in [0, 0.05) is 18.5 Å². The fourth-order valence-electron chi connectivity index (χ4n) is 2.68. The fourth-order valence-corrected chi connectivity index (χ4v) is 3.11. The van der Waals surface area contributed by atoms with E-state index in [9.17, 15) is 5.11 Å². The van der Waals surface area contributed by atoms with Gasteiger partial charge in [0.1, 0.15) is 5.75 Å². The first-order valence-corrected chi connectivity index (χ1v) is 7.32. The minimum Gasteiger partial charge on any atom is -0.507 e. The number of nitrogens with one attached hydrogen (secondary N) is 1. The fraction of sp³-hybridized carbons (Fsp3) is 0.571. The second kappa shape index (κ2) is 5.19. The van der Waals surface area contributed by atoms with Gasteiger partial charge in [-0.05, 0) is 52.4 Å². The first kappa shape index (κ1) is 12.5. The molecule has 0 amide bonds. The molecule has 4 heteroatoms. The lowest BCUT2D eigenvalue weighted by Gasteiger charge is -2.18. The molecule has 1 heterocycles. The second-order valence-electron chi connectivity index (χ2n) is 5.31. The molecular weight excluding hydrogens is 294 g/mol. The minimum atomic E-state index is 0.291. The number of phenolic OH excluding ortho intramolecular Hbond substituents is 1. The number of aromatic hydroxyl groups is 1. The SMILES string of the molecule is Oc1ccc(CNC2COCC2C2CC2)cc1Br. The Balaban J connectivity index is 1.58. The molecule has 2 aliphatic rings. The number of benzene rings is 1. The van der Waals surface area contributed by atoms with Crippen LogP contribution in [-0.4, -0.2) is 24.4 Å². The molecule has 1 aliphatic carbocycles. The third-order valence-electron chi connectivity index (χ3n) is 3.93. The number of hydrogen-bond acceptors (Lipinski definition) is 3. The van der Waals surface area contributed by atoms with Gasteiger partial charge in [-0.3, -0.25) is 0 Å². The van der Waals surface area contributed by atoms with Gasteiger partial charge in [0.15, 0.2) is 0 Å². The molecule has 0 aromatic heterocycles. The molecule has 1 saturated heterocycles. The van der Waals surface area contributed by atoms with Gasteiger partial charge in [0.25, 0.3) is 0 Å². The first-order valence-electron chi connectivity index (χ1n) is 6.52. The van der Waals surface area contributed by atoms with Crippen LogP contribution in [-0.2, 0) is 11.3 Å². The van der Waals surface area contributed by atoms with Gasteiger partial charge in [0.05, 0.1) is 17.7 Å². The van der Waals surface area contributed by atoms with Crippen LogP contribution in [0.4, 0.5) is 0 Å². The molecule has 2 atom stereocenters. The first-order chi connectivity index (χ1) is 8.74. The molecule has 3 nitrogen and oxygen atoms in total. The van der Waals surface area contributed by atoms with E-state index in [1.54, 1.807) is 6.07 Å². The molecule has 0 bridgehead atoms. The van der Waals surface area contributed by atoms with Crippen molar-refractivity contribution in [2.45, 2.75) is 25.4 Å². The van der Waals surface area contributed by atoms with Gasteiger partial charge in [-0.15, -0.1) is 0 Å². The van der Waals surface area contributed by atoms with Gasteiger partial charge in [-0.1, -0.05) is 6.07 Å². The summed E-state index contributed by atoms with van der Waals surface area (Å²) in [7, 11) is 0. The van der Waals surface area contributed by atoms with E-state index in [0.29, 0.717) is 17.7 Å². The predicted molar refractivity (Wildman–Crippen MR) is 73.5 cm³/mol. The van der Waals surface area contributed by atoms with E-state index >= 15 is 0 Å². The number of hydrogen-bond donors (Lipinski definition) is 2. The van der Waals surface area contributed by atoms with Gasteiger partial charge >= 0.3 is 0 Å². The molecule has 2 N–H and O–H groups in total. The van der Waals surface area contributed by atoms with Crippen molar-refractivity contribution in [3.63, 3.8) is 0 Å². The van der Waals surface area contributed by atoms with Crippen LogP contribution in [0.5, 0.6) is 5.75 Å². The van der Waals surface area contributed by atoms with E-state index in [4.69, 9.17) is 4.74 Å². The van der Waals surface area contributed by atoms with Gasteiger partial charge < -0.3 is 15.2 Å². The topological polar surface area (TPSA) is 41.5 Å². The molecule has 2 unspecified atom stereocenters. The van der Waals surface area contributed by atoms with Crippen LogP contribution >= 0.6 is 15.9 Å². The standard InChI is InChI=1S/C14H18BrNO2/c15-12-5-9(1-4-14(12)17)6-16-13-8-18-7-11(13)10-2-3-10/h1,4-5,10-11,13,16-17H,2-3,6-8H2. The summed E-state index contributed by atoms with van der Waals surface area (Å²) in [5.41, 5.74) is 1.18. The second-order valence-corrected chi connectivity index (χ2v) is 6.17. The summed E-state index contributed by atoms with van der Waals surface area (Å²) in [6.45, 7) is 2.58. The Labute approximate surface area is 116 Å². The number of rotatable bonds is 4. The predicted octanol–water partition coefficient (Wildman–Crippen LogP) is 2.67. The lowest BCUT2D eigenvalue weighted by Crippen LogP contribution is -2.36.